The largest absolute Gasteiger partial charge is 0.510 e. The molecule has 21 heavy (non-hydrogen) atoms. The molecule has 0 amide bonds. The van der Waals surface area contributed by atoms with Crippen molar-refractivity contribution in [2.24, 2.45) is 7.05 Å². The number of ether oxygens (including phenoxy) is 1. The van der Waals surface area contributed by atoms with Crippen LogP contribution in [-0.2, 0) is 11.8 Å². The van der Waals surface area contributed by atoms with E-state index in [4.69, 9.17) is 4.74 Å². The van der Waals surface area contributed by atoms with Gasteiger partial charge in [-0.1, -0.05) is 0 Å². The first kappa shape index (κ1) is 15.5. The fourth-order valence-corrected chi connectivity index (χ4v) is 2.18. The molecule has 0 saturated carbocycles. The minimum absolute atomic E-state index is 0.193. The molecule has 0 spiro atoms. The summed E-state index contributed by atoms with van der Waals surface area (Å²) in [7, 11) is 1.30. The molecule has 0 unspecified atom stereocenters. The van der Waals surface area contributed by atoms with Gasteiger partial charge in [-0.25, -0.2) is 4.79 Å². The Hall–Kier alpha value is -1.90. The Kier molecular flexibility index (Phi) is 4.04. The highest BCUT2D eigenvalue weighted by atomic mass is 16.6. The molecule has 2 rings (SSSR count). The van der Waals surface area contributed by atoms with E-state index in [1.54, 1.807) is 13.8 Å². The van der Waals surface area contributed by atoms with E-state index in [9.17, 15) is 24.9 Å². The summed E-state index contributed by atoms with van der Waals surface area (Å²) in [6.45, 7) is 3.26. The molecular formula is C13H18N2O6. The Morgan fingerprint density at radius 2 is 1.86 bits per heavy atom. The van der Waals surface area contributed by atoms with Crippen molar-refractivity contribution in [2.45, 2.75) is 38.4 Å². The molecule has 3 N–H and O–H groups in total. The van der Waals surface area contributed by atoms with Gasteiger partial charge in [0.15, 0.2) is 6.23 Å². The zero-order valence-corrected chi connectivity index (χ0v) is 11.9. The smallest absolute Gasteiger partial charge is 0.332 e. The second-order valence-electron chi connectivity index (χ2n) is 5.22. The molecule has 1 aliphatic heterocycles. The summed E-state index contributed by atoms with van der Waals surface area (Å²) in [6.07, 6.45) is -3.92. The molecule has 1 aromatic heterocycles. The van der Waals surface area contributed by atoms with E-state index in [1.165, 1.54) is 13.2 Å². The maximum atomic E-state index is 12.0. The van der Waals surface area contributed by atoms with Gasteiger partial charge in [-0.15, -0.1) is 0 Å². The monoisotopic (exact) mass is 298 g/mol. The normalized spacial score (nSPS) is 28.6. The number of hydrogen-bond donors (Lipinski definition) is 3. The summed E-state index contributed by atoms with van der Waals surface area (Å²) < 4.78 is 7.28. The van der Waals surface area contributed by atoms with Crippen LogP contribution in [-0.4, -0.2) is 42.8 Å². The second kappa shape index (κ2) is 5.47. The molecule has 0 aromatic carbocycles. The third-order valence-corrected chi connectivity index (χ3v) is 3.51. The molecule has 116 valence electrons. The van der Waals surface area contributed by atoms with Gasteiger partial charge < -0.3 is 20.1 Å². The molecule has 1 saturated heterocycles. The average Bonchev–Trinajstić information content (AvgIpc) is 2.72. The molecule has 8 nitrogen and oxygen atoms in total. The predicted octanol–water partition coefficient (Wildman–Crippen LogP) is -0.982. The van der Waals surface area contributed by atoms with Gasteiger partial charge in [0.25, 0.3) is 5.56 Å². The number of aliphatic hydroxyl groups excluding tert-OH is 3. The van der Waals surface area contributed by atoms with Crippen molar-refractivity contribution in [2.75, 3.05) is 0 Å². The second-order valence-corrected chi connectivity index (χ2v) is 5.22. The van der Waals surface area contributed by atoms with E-state index in [1.807, 2.05) is 0 Å². The molecule has 1 aliphatic rings. The van der Waals surface area contributed by atoms with Crippen molar-refractivity contribution in [1.29, 1.82) is 0 Å². The van der Waals surface area contributed by atoms with E-state index in [0.29, 0.717) is 5.57 Å². The molecule has 1 aromatic rings. The molecule has 0 radical (unpaired) electrons. The van der Waals surface area contributed by atoms with Gasteiger partial charge in [-0.05, 0) is 19.4 Å². The average molecular weight is 298 g/mol. The van der Waals surface area contributed by atoms with E-state index in [0.717, 1.165) is 15.2 Å². The zero-order chi connectivity index (χ0) is 15.9. The van der Waals surface area contributed by atoms with E-state index >= 15 is 0 Å². The van der Waals surface area contributed by atoms with Crippen molar-refractivity contribution in [3.8, 4) is 0 Å². The Morgan fingerprint density at radius 3 is 2.43 bits per heavy atom. The molecular weight excluding hydrogens is 280 g/mol. The molecule has 0 bridgehead atoms. The standard InChI is InChI=1S/C13H18N2O6/c1-6(2)8(17)11-9(18)10(19)12(21-11)15-5-4-7(16)14(3)13(15)20/h4-5,9-12,17-19H,1-3H3/t9-,10+,11+,12+/m0/s1. The predicted molar refractivity (Wildman–Crippen MR) is 72.9 cm³/mol. The highest BCUT2D eigenvalue weighted by molar-refractivity contribution is 5.12. The van der Waals surface area contributed by atoms with E-state index in [-0.39, 0.29) is 5.76 Å². The van der Waals surface area contributed by atoms with Crippen LogP contribution >= 0.6 is 0 Å². The molecule has 8 heteroatoms. The van der Waals surface area contributed by atoms with Crippen molar-refractivity contribution in [1.82, 2.24) is 9.13 Å². The number of allylic oxidation sites excluding steroid dienone is 1. The molecule has 0 aliphatic carbocycles. The highest BCUT2D eigenvalue weighted by Crippen LogP contribution is 2.32. The number of hydrogen-bond acceptors (Lipinski definition) is 6. The lowest BCUT2D eigenvalue weighted by molar-refractivity contribution is -0.0399. The van der Waals surface area contributed by atoms with Crippen LogP contribution in [0.15, 0.2) is 33.2 Å². The van der Waals surface area contributed by atoms with Crippen LogP contribution in [0, 0.1) is 0 Å². The Bertz CT molecular complexity index is 685. The lowest BCUT2D eigenvalue weighted by Gasteiger charge is -2.17. The first-order chi connectivity index (χ1) is 9.75. The highest BCUT2D eigenvalue weighted by Gasteiger charge is 2.46. The van der Waals surface area contributed by atoms with Crippen molar-refractivity contribution in [3.05, 3.63) is 44.4 Å². The van der Waals surface area contributed by atoms with Crippen LogP contribution in [0.5, 0.6) is 0 Å². The van der Waals surface area contributed by atoms with Crippen LogP contribution in [0.4, 0.5) is 0 Å². The minimum atomic E-state index is -1.41. The Balaban J connectivity index is 2.44. The van der Waals surface area contributed by atoms with Gasteiger partial charge in [0, 0.05) is 19.3 Å². The summed E-state index contributed by atoms with van der Waals surface area (Å²) in [5.74, 6) is -0.193. The summed E-state index contributed by atoms with van der Waals surface area (Å²) >= 11 is 0. The Labute approximate surface area is 120 Å². The van der Waals surface area contributed by atoms with Gasteiger partial charge in [0.2, 0.25) is 0 Å². The van der Waals surface area contributed by atoms with Gasteiger partial charge in [0.1, 0.15) is 24.1 Å². The zero-order valence-electron chi connectivity index (χ0n) is 11.9. The van der Waals surface area contributed by atoms with Crippen molar-refractivity contribution in [3.63, 3.8) is 0 Å². The number of rotatable bonds is 2. The number of nitrogens with zero attached hydrogens (tertiary/aromatic N) is 2. The SMILES string of the molecule is CC(C)=C(O)[C@H]1O[C@@H](n2ccc(=O)n(C)c2=O)[C@H](O)[C@@H]1O. The van der Waals surface area contributed by atoms with Crippen LogP contribution in [0.25, 0.3) is 0 Å². The molecule has 2 heterocycles. The summed E-state index contributed by atoms with van der Waals surface area (Å²) in [5.41, 5.74) is -0.649. The number of aromatic nitrogens is 2. The van der Waals surface area contributed by atoms with Gasteiger partial charge >= 0.3 is 5.69 Å². The third-order valence-electron chi connectivity index (χ3n) is 3.51. The third kappa shape index (κ3) is 2.53. The van der Waals surface area contributed by atoms with E-state index < -0.39 is 35.8 Å². The van der Waals surface area contributed by atoms with Gasteiger partial charge in [0.05, 0.1) is 0 Å². The van der Waals surface area contributed by atoms with Crippen molar-refractivity contribution >= 4 is 0 Å². The van der Waals surface area contributed by atoms with Crippen LogP contribution < -0.4 is 11.2 Å². The Morgan fingerprint density at radius 1 is 1.24 bits per heavy atom. The van der Waals surface area contributed by atoms with Crippen LogP contribution in [0.3, 0.4) is 0 Å². The lowest BCUT2D eigenvalue weighted by atomic mass is 10.1. The summed E-state index contributed by atoms with van der Waals surface area (Å²) in [5, 5.41) is 29.9. The maximum Gasteiger partial charge on any atom is 0.332 e. The first-order valence-electron chi connectivity index (χ1n) is 6.41. The fraction of sp³-hybridized carbons (Fsp3) is 0.538. The lowest BCUT2D eigenvalue weighted by Crippen LogP contribution is -2.41. The topological polar surface area (TPSA) is 114 Å². The summed E-state index contributed by atoms with van der Waals surface area (Å²) in [6, 6.07) is 1.15. The van der Waals surface area contributed by atoms with Crippen molar-refractivity contribution < 1.29 is 20.1 Å². The van der Waals surface area contributed by atoms with Crippen LogP contribution in [0.2, 0.25) is 0 Å². The first-order valence-corrected chi connectivity index (χ1v) is 6.41. The quantitative estimate of drug-likeness (QED) is 0.605. The fourth-order valence-electron chi connectivity index (χ4n) is 2.18. The summed E-state index contributed by atoms with van der Waals surface area (Å²) in [4.78, 5) is 23.4. The van der Waals surface area contributed by atoms with E-state index in [2.05, 4.69) is 0 Å². The maximum absolute atomic E-state index is 12.0. The molecule has 1 fully saturated rings. The van der Waals surface area contributed by atoms with Gasteiger partial charge in [-0.2, -0.15) is 0 Å². The van der Waals surface area contributed by atoms with Gasteiger partial charge in [-0.3, -0.25) is 13.9 Å². The molecule has 4 atom stereocenters. The number of aliphatic hydroxyl groups is 3. The minimum Gasteiger partial charge on any atom is -0.510 e. The van der Waals surface area contributed by atoms with Crippen LogP contribution in [0.1, 0.15) is 20.1 Å².